The smallest absolute Gasteiger partial charge is 0.480 e. The number of carboxylic acids is 1. The van der Waals surface area contributed by atoms with Crippen LogP contribution in [-0.4, -0.2) is 153 Å². The first kappa shape index (κ1) is 58.9. The second-order valence-corrected chi connectivity index (χ2v) is 18.5. The van der Waals surface area contributed by atoms with E-state index in [0.717, 1.165) is 75.2 Å². The number of amides is 6. The fourth-order valence-electron chi connectivity index (χ4n) is 8.72. The van der Waals surface area contributed by atoms with Crippen LogP contribution in [0, 0.1) is 12.7 Å². The van der Waals surface area contributed by atoms with Gasteiger partial charge in [-0.05, 0) is 49.4 Å². The van der Waals surface area contributed by atoms with Crippen molar-refractivity contribution >= 4 is 85.4 Å². The number of hydrogen-bond donors (Lipinski definition) is 8. The Balaban J connectivity index is 0.000000438. The number of primary amides is 1. The van der Waals surface area contributed by atoms with E-state index in [4.69, 9.17) is 24.4 Å². The van der Waals surface area contributed by atoms with Crippen molar-refractivity contribution in [2.75, 3.05) is 46.6 Å². The van der Waals surface area contributed by atoms with Gasteiger partial charge in [-0.15, -0.1) is 0 Å². The number of hydrogen-bond acceptors (Lipinski definition) is 15. The molecule has 4 heterocycles. The van der Waals surface area contributed by atoms with Gasteiger partial charge in [0.1, 0.15) is 18.1 Å². The van der Waals surface area contributed by atoms with E-state index >= 15 is 4.39 Å². The monoisotopic (exact) mass is 1210 g/mol. The normalized spacial score (nSPS) is 15.0. The number of ether oxygens (including phenoxy) is 2. The van der Waals surface area contributed by atoms with Crippen LogP contribution in [0.3, 0.4) is 0 Å². The van der Waals surface area contributed by atoms with Crippen LogP contribution in [-0.2, 0) is 67.4 Å². The Labute approximate surface area is 436 Å². The van der Waals surface area contributed by atoms with Gasteiger partial charge in [0, 0.05) is 60.8 Å². The van der Waals surface area contributed by atoms with E-state index in [1.54, 1.807) is 18.4 Å². The average molecular weight is 1210 g/mol. The zero-order valence-corrected chi connectivity index (χ0v) is 45.1. The third kappa shape index (κ3) is 14.9. The Morgan fingerprint density at radius 2 is 1.75 bits per heavy atom. The van der Waals surface area contributed by atoms with Crippen molar-refractivity contribution in [3.63, 3.8) is 0 Å². The minimum absolute atomic E-state index is 0.0704. The SMILES string of the molecule is C=C(CC([CH2][Pb])NC(=O)CNC=O)NCOCC(=C)NC1CCc2c(C)c(F)cc3nc4c(c1c23)Cn1c-4cc(C(C=O)CC)c(COC)c1=O.CCNC(=O)C(CNCC(=O)O)N1C(=O)C=CC1=O.NC=O. The number of imide groups is 1. The van der Waals surface area contributed by atoms with Crippen molar-refractivity contribution in [2.45, 2.75) is 87.6 Å². The predicted octanol–water partition coefficient (Wildman–Crippen LogP) is 0.279. The number of rotatable bonds is 26. The molecule has 73 heavy (non-hydrogen) atoms. The van der Waals surface area contributed by atoms with Crippen LogP contribution in [0.5, 0.6) is 0 Å². The molecule has 3 aromatic rings. The van der Waals surface area contributed by atoms with Gasteiger partial charge in [0.05, 0.1) is 36.6 Å². The van der Waals surface area contributed by atoms with Crippen molar-refractivity contribution in [1.29, 1.82) is 0 Å². The van der Waals surface area contributed by atoms with Crippen LogP contribution in [0.4, 0.5) is 4.39 Å². The number of methoxy groups -OCH3 is 1. The number of nitrogens with two attached hydrogens (primary N) is 1. The third-order valence-corrected chi connectivity index (χ3v) is 13.9. The first-order valence-corrected chi connectivity index (χ1v) is 26.0. The molecule has 6 amide bonds. The number of halogens is 1. The summed E-state index contributed by atoms with van der Waals surface area (Å²) in [5, 5.41) is 26.4. The molecular formula is C49H62FN10O12Pb. The van der Waals surface area contributed by atoms with E-state index in [-0.39, 0.29) is 81.9 Å². The third-order valence-electron chi connectivity index (χ3n) is 12.0. The van der Waals surface area contributed by atoms with Crippen LogP contribution < -0.4 is 43.2 Å². The van der Waals surface area contributed by atoms with Crippen LogP contribution >= 0.6 is 0 Å². The number of benzene rings is 1. The van der Waals surface area contributed by atoms with Crippen LogP contribution in [0.25, 0.3) is 22.3 Å². The number of fused-ring (bicyclic) bond motifs is 4. The molecule has 24 heteroatoms. The Bertz CT molecular complexity index is 2680. The molecule has 0 spiro atoms. The summed E-state index contributed by atoms with van der Waals surface area (Å²) in [6, 6.07) is 2.00. The van der Waals surface area contributed by atoms with Gasteiger partial charge in [0.2, 0.25) is 12.3 Å². The summed E-state index contributed by atoms with van der Waals surface area (Å²) in [7, 11) is 1.52. The molecule has 4 atom stereocenters. The number of carbonyl (C=O) groups is 8. The summed E-state index contributed by atoms with van der Waals surface area (Å²) in [5.41, 5.74) is 11.5. The minimum atomic E-state index is -1.09. The van der Waals surface area contributed by atoms with E-state index in [2.05, 4.69) is 50.8 Å². The van der Waals surface area contributed by atoms with Crippen molar-refractivity contribution < 1.29 is 57.3 Å². The van der Waals surface area contributed by atoms with Crippen LogP contribution in [0.15, 0.2) is 53.6 Å². The van der Waals surface area contributed by atoms with Crippen molar-refractivity contribution in [3.8, 4) is 11.4 Å². The molecule has 0 fully saturated rings. The van der Waals surface area contributed by atoms with Gasteiger partial charge in [0.15, 0.2) is 0 Å². The molecule has 9 N–H and O–H groups in total. The summed E-state index contributed by atoms with van der Waals surface area (Å²) < 4.78 is 29.0. The number of pyridine rings is 2. The van der Waals surface area contributed by atoms with Gasteiger partial charge in [-0.25, -0.2) is 9.37 Å². The molecule has 3 aliphatic rings. The Kier molecular flexibility index (Phi) is 23.0. The fraction of sp³-hybridized carbons (Fsp3) is 0.429. The second-order valence-electron chi connectivity index (χ2n) is 16.9. The maximum atomic E-state index is 15.3. The van der Waals surface area contributed by atoms with Crippen molar-refractivity contribution in [1.82, 2.24) is 46.4 Å². The van der Waals surface area contributed by atoms with E-state index in [1.807, 2.05) is 13.0 Å². The Hall–Kier alpha value is -6.71. The number of nitrogens with zero attached hydrogens (tertiary/aromatic N) is 3. The first-order chi connectivity index (χ1) is 34.9. The molecule has 4 unspecified atom stereocenters. The summed E-state index contributed by atoms with van der Waals surface area (Å²) in [5.74, 6) is -3.82. The second kappa shape index (κ2) is 28.5. The zero-order chi connectivity index (χ0) is 53.9. The van der Waals surface area contributed by atoms with E-state index < -0.39 is 35.7 Å². The van der Waals surface area contributed by atoms with E-state index in [0.29, 0.717) is 83.6 Å². The van der Waals surface area contributed by atoms with Gasteiger partial charge >= 0.3 is 159 Å². The Morgan fingerprint density at radius 3 is 2.36 bits per heavy atom. The predicted molar refractivity (Wildman–Crippen MR) is 267 cm³/mol. The molecule has 3 radical (unpaired) electrons. The van der Waals surface area contributed by atoms with Crippen LogP contribution in [0.1, 0.15) is 78.5 Å². The molecule has 6 rings (SSSR count). The quantitative estimate of drug-likeness (QED) is 0.0138. The standard InChI is InChI=1S/C37H44FN6O6.C11H15N3O5.CH3NO.Pb/c1-7-24(15-45)26-11-32-36-27(14-44(32)37(48)28(26)17-49-6)35-30(9-8-25-23(5)29(38)12-31(43-36)34(25)35)41-22(4)16-50-19-40-20(2)10-21(3)42-33(47)13-39-18-46;1-2-13-11(19)7(5-12-6-10(17)18)14-8(15)3-4-9(14)16;2-1-3;/h11-12,15,18,21,24,30,40-41H,2-4,7-10,13-14,16-17,19H2,1,5-6H3,(H,39,46)(H,42,47);3-4,7,12H,2,5-6H2,1H3,(H,13,19)(H,17,18);1H,(H2,2,3);. The molecule has 1 aliphatic carbocycles. The molecule has 391 valence electrons. The molecule has 2 aliphatic heterocycles. The summed E-state index contributed by atoms with van der Waals surface area (Å²) >= 11 is 0.886. The number of aldehydes is 1. The van der Waals surface area contributed by atoms with E-state index in [1.165, 1.54) is 13.2 Å². The van der Waals surface area contributed by atoms with Crippen LogP contribution in [0.2, 0.25) is 3.98 Å². The number of aromatic nitrogens is 2. The first-order valence-electron chi connectivity index (χ1n) is 23.3. The molecule has 2 aromatic heterocycles. The van der Waals surface area contributed by atoms with Gasteiger partial charge in [-0.3, -0.25) is 33.7 Å². The van der Waals surface area contributed by atoms with Gasteiger partial charge in [-0.1, -0.05) is 6.92 Å². The molecule has 1 aromatic carbocycles. The van der Waals surface area contributed by atoms with Gasteiger partial charge in [0.25, 0.3) is 17.4 Å². The van der Waals surface area contributed by atoms with E-state index in [9.17, 15) is 38.4 Å². The number of nitrogens with one attached hydrogen (secondary N) is 6. The number of aliphatic carboxylic acids is 1. The fourth-order valence-corrected chi connectivity index (χ4v) is 9.68. The van der Waals surface area contributed by atoms with Crippen molar-refractivity contribution in [3.05, 3.63) is 98.4 Å². The zero-order valence-electron chi connectivity index (χ0n) is 41.2. The summed E-state index contributed by atoms with van der Waals surface area (Å²) in [6.07, 6.45) is 6.11. The molecule has 22 nitrogen and oxygen atoms in total. The number of likely N-dealkylation sites (N-methyl/N-ethyl adjacent to an activating group) is 1. The molecular weight excluding hydrogens is 1150 g/mol. The van der Waals surface area contributed by atoms with Crippen molar-refractivity contribution in [2.24, 2.45) is 5.73 Å². The topological polar surface area (TPSA) is 312 Å². The van der Waals surface area contributed by atoms with Gasteiger partial charge < -0.3 is 35.6 Å². The number of aryl methyl sites for hydroxylation is 1. The minimum Gasteiger partial charge on any atom is -0.480 e. The number of carboxylic acid groups (broad SMARTS) is 1. The molecule has 0 saturated heterocycles. The molecule has 0 bridgehead atoms. The summed E-state index contributed by atoms with van der Waals surface area (Å²) in [6.45, 7) is 14.2. The average Bonchev–Trinajstić information content (AvgIpc) is 3.89. The molecule has 0 saturated carbocycles. The summed E-state index contributed by atoms with van der Waals surface area (Å²) in [4.78, 5) is 108. The Morgan fingerprint density at radius 1 is 1.05 bits per heavy atom. The maximum absolute atomic E-state index is 15.3. The van der Waals surface area contributed by atoms with Gasteiger partial charge in [-0.2, -0.15) is 0 Å². The number of carbonyl (C=O) groups excluding carboxylic acids is 7.